The monoisotopic (exact) mass is 195 g/mol. The number of aliphatic imine (C=N–C) groups is 1. The maximum absolute atomic E-state index is 11.6. The predicted octanol–water partition coefficient (Wildman–Crippen LogP) is 0.435. The molecule has 1 unspecified atom stereocenters. The number of hydrogen-bond donors (Lipinski definition) is 2. The molecule has 78 valence electrons. The Morgan fingerprint density at radius 2 is 2.21 bits per heavy atom. The molecule has 1 aliphatic heterocycles. The molecule has 14 heavy (non-hydrogen) atoms. The van der Waals surface area contributed by atoms with E-state index in [1.807, 2.05) is 6.92 Å². The second-order valence-electron chi connectivity index (χ2n) is 4.19. The number of carbonyl (C=O) groups is 1. The molecule has 0 spiro atoms. The minimum atomic E-state index is -0.0266. The van der Waals surface area contributed by atoms with Crippen LogP contribution < -0.4 is 10.6 Å². The molecule has 0 aromatic rings. The molecule has 1 atom stereocenters. The number of amides is 1. The Kier molecular flexibility index (Phi) is 2.70. The fourth-order valence-corrected chi connectivity index (χ4v) is 2.01. The molecule has 0 radical (unpaired) electrons. The molecule has 2 N–H and O–H groups in total. The summed E-state index contributed by atoms with van der Waals surface area (Å²) in [6.07, 6.45) is 4.71. The topological polar surface area (TPSA) is 53.5 Å². The van der Waals surface area contributed by atoms with Crippen LogP contribution in [-0.4, -0.2) is 30.4 Å². The first-order valence-electron chi connectivity index (χ1n) is 5.37. The van der Waals surface area contributed by atoms with Gasteiger partial charge in [0.15, 0.2) is 5.84 Å². The smallest absolute Gasteiger partial charge is 0.286 e. The van der Waals surface area contributed by atoms with Crippen LogP contribution in [0, 0.1) is 0 Å². The van der Waals surface area contributed by atoms with Crippen LogP contribution in [0.5, 0.6) is 0 Å². The zero-order chi connectivity index (χ0) is 9.97. The SMILES string of the molecule is CC1CN=C(C(=O)NC2CCCC2)N1. The van der Waals surface area contributed by atoms with Gasteiger partial charge >= 0.3 is 0 Å². The summed E-state index contributed by atoms with van der Waals surface area (Å²) < 4.78 is 0. The number of nitrogens with one attached hydrogen (secondary N) is 2. The highest BCUT2D eigenvalue weighted by atomic mass is 16.2. The van der Waals surface area contributed by atoms with Gasteiger partial charge in [-0.15, -0.1) is 0 Å². The maximum Gasteiger partial charge on any atom is 0.286 e. The summed E-state index contributed by atoms with van der Waals surface area (Å²) in [5.74, 6) is 0.491. The molecule has 4 heteroatoms. The van der Waals surface area contributed by atoms with Crippen molar-refractivity contribution in [3.8, 4) is 0 Å². The van der Waals surface area contributed by atoms with Gasteiger partial charge in [0, 0.05) is 12.1 Å². The van der Waals surface area contributed by atoms with Crippen LogP contribution in [0.1, 0.15) is 32.6 Å². The van der Waals surface area contributed by atoms with Gasteiger partial charge in [-0.3, -0.25) is 9.79 Å². The van der Waals surface area contributed by atoms with Crippen molar-refractivity contribution >= 4 is 11.7 Å². The Bertz CT molecular complexity index is 256. The van der Waals surface area contributed by atoms with Crippen LogP contribution in [0.4, 0.5) is 0 Å². The summed E-state index contributed by atoms with van der Waals surface area (Å²) >= 11 is 0. The molecule has 0 aromatic heterocycles. The van der Waals surface area contributed by atoms with E-state index in [0.29, 0.717) is 24.5 Å². The highest BCUT2D eigenvalue weighted by molar-refractivity contribution is 6.38. The van der Waals surface area contributed by atoms with Crippen molar-refractivity contribution in [2.75, 3.05) is 6.54 Å². The fourth-order valence-electron chi connectivity index (χ4n) is 2.01. The second-order valence-corrected chi connectivity index (χ2v) is 4.19. The molecule has 2 aliphatic rings. The summed E-state index contributed by atoms with van der Waals surface area (Å²) in [6, 6.07) is 0.683. The van der Waals surface area contributed by atoms with Crippen molar-refractivity contribution in [3.05, 3.63) is 0 Å². The molecule has 1 fully saturated rings. The molecular weight excluding hydrogens is 178 g/mol. The fraction of sp³-hybridized carbons (Fsp3) is 0.800. The Morgan fingerprint density at radius 3 is 2.79 bits per heavy atom. The average Bonchev–Trinajstić information content (AvgIpc) is 2.75. The normalized spacial score (nSPS) is 27.2. The number of nitrogens with zero attached hydrogens (tertiary/aromatic N) is 1. The zero-order valence-corrected chi connectivity index (χ0v) is 8.55. The van der Waals surface area contributed by atoms with Crippen molar-refractivity contribution in [1.29, 1.82) is 0 Å². The average molecular weight is 195 g/mol. The zero-order valence-electron chi connectivity index (χ0n) is 8.55. The second kappa shape index (κ2) is 3.98. The summed E-state index contributed by atoms with van der Waals surface area (Å²) in [5.41, 5.74) is 0. The Balaban J connectivity index is 1.83. The third-order valence-electron chi connectivity index (χ3n) is 2.81. The Hall–Kier alpha value is -1.06. The molecule has 0 bridgehead atoms. The largest absolute Gasteiger partial charge is 0.361 e. The van der Waals surface area contributed by atoms with Gasteiger partial charge in [-0.05, 0) is 19.8 Å². The van der Waals surface area contributed by atoms with Gasteiger partial charge in [0.1, 0.15) is 0 Å². The Morgan fingerprint density at radius 1 is 1.50 bits per heavy atom. The lowest BCUT2D eigenvalue weighted by Crippen LogP contribution is -2.43. The summed E-state index contributed by atoms with van der Waals surface area (Å²) in [4.78, 5) is 15.8. The van der Waals surface area contributed by atoms with Crippen LogP contribution in [-0.2, 0) is 4.79 Å². The highest BCUT2D eigenvalue weighted by Gasteiger charge is 2.23. The van der Waals surface area contributed by atoms with E-state index in [9.17, 15) is 4.79 Å². The molecule has 1 heterocycles. The van der Waals surface area contributed by atoms with Crippen molar-refractivity contribution < 1.29 is 4.79 Å². The summed E-state index contributed by atoms with van der Waals surface area (Å²) in [6.45, 7) is 2.74. The van der Waals surface area contributed by atoms with Gasteiger partial charge < -0.3 is 10.6 Å². The first kappa shape index (κ1) is 9.49. The van der Waals surface area contributed by atoms with E-state index in [0.717, 1.165) is 12.8 Å². The predicted molar refractivity (Wildman–Crippen MR) is 55.3 cm³/mol. The van der Waals surface area contributed by atoms with E-state index in [-0.39, 0.29) is 5.91 Å². The van der Waals surface area contributed by atoms with E-state index in [2.05, 4.69) is 15.6 Å². The molecule has 1 amide bonds. The summed E-state index contributed by atoms with van der Waals surface area (Å²) in [7, 11) is 0. The van der Waals surface area contributed by atoms with E-state index in [1.165, 1.54) is 12.8 Å². The number of amidine groups is 1. The van der Waals surface area contributed by atoms with Crippen molar-refractivity contribution in [3.63, 3.8) is 0 Å². The third kappa shape index (κ3) is 2.05. The van der Waals surface area contributed by atoms with Gasteiger partial charge in [0.25, 0.3) is 5.91 Å². The van der Waals surface area contributed by atoms with Gasteiger partial charge in [-0.1, -0.05) is 12.8 Å². The molecular formula is C10H17N3O. The molecule has 0 saturated heterocycles. The van der Waals surface area contributed by atoms with Crippen LogP contribution in [0.15, 0.2) is 4.99 Å². The lowest BCUT2D eigenvalue weighted by atomic mass is 10.2. The standard InChI is InChI=1S/C10H17N3O/c1-7-6-11-9(12-7)10(14)13-8-4-2-3-5-8/h7-8H,2-6H2,1H3,(H,11,12)(H,13,14). The van der Waals surface area contributed by atoms with Gasteiger partial charge in [0.2, 0.25) is 0 Å². The van der Waals surface area contributed by atoms with E-state index < -0.39 is 0 Å². The van der Waals surface area contributed by atoms with Crippen LogP contribution >= 0.6 is 0 Å². The minimum Gasteiger partial charge on any atom is -0.361 e. The van der Waals surface area contributed by atoms with E-state index in [4.69, 9.17) is 0 Å². The Labute approximate surface area is 84.2 Å². The lowest BCUT2D eigenvalue weighted by Gasteiger charge is -2.12. The van der Waals surface area contributed by atoms with E-state index in [1.54, 1.807) is 0 Å². The van der Waals surface area contributed by atoms with Crippen molar-refractivity contribution in [2.45, 2.75) is 44.7 Å². The quantitative estimate of drug-likeness (QED) is 0.671. The molecule has 0 aromatic carbocycles. The first-order valence-corrected chi connectivity index (χ1v) is 5.37. The van der Waals surface area contributed by atoms with Gasteiger partial charge in [0.05, 0.1) is 6.54 Å². The number of rotatable bonds is 2. The summed E-state index contributed by atoms with van der Waals surface area (Å²) in [5, 5.41) is 6.07. The van der Waals surface area contributed by atoms with Gasteiger partial charge in [-0.2, -0.15) is 0 Å². The number of hydrogen-bond acceptors (Lipinski definition) is 3. The third-order valence-corrected chi connectivity index (χ3v) is 2.81. The van der Waals surface area contributed by atoms with Crippen LogP contribution in [0.2, 0.25) is 0 Å². The van der Waals surface area contributed by atoms with Crippen molar-refractivity contribution in [2.24, 2.45) is 4.99 Å². The molecule has 1 saturated carbocycles. The van der Waals surface area contributed by atoms with E-state index >= 15 is 0 Å². The molecule has 2 rings (SSSR count). The first-order chi connectivity index (χ1) is 6.75. The molecule has 1 aliphatic carbocycles. The van der Waals surface area contributed by atoms with Gasteiger partial charge in [-0.25, -0.2) is 0 Å². The molecule has 4 nitrogen and oxygen atoms in total. The number of carbonyl (C=O) groups excluding carboxylic acids is 1. The van der Waals surface area contributed by atoms with Crippen LogP contribution in [0.3, 0.4) is 0 Å². The lowest BCUT2D eigenvalue weighted by molar-refractivity contribution is -0.115. The highest BCUT2D eigenvalue weighted by Crippen LogP contribution is 2.17. The van der Waals surface area contributed by atoms with Crippen LogP contribution in [0.25, 0.3) is 0 Å². The maximum atomic E-state index is 11.6. The van der Waals surface area contributed by atoms with Crippen molar-refractivity contribution in [1.82, 2.24) is 10.6 Å². The minimum absolute atomic E-state index is 0.0266.